The molecule has 4 rings (SSSR count). The number of halogens is 1. The van der Waals surface area contributed by atoms with E-state index in [-0.39, 0.29) is 0 Å². The van der Waals surface area contributed by atoms with Gasteiger partial charge in [0.25, 0.3) is 0 Å². The highest BCUT2D eigenvalue weighted by molar-refractivity contribution is 6.31. The number of imidazole rings is 1. The Bertz CT molecular complexity index is 801. The van der Waals surface area contributed by atoms with E-state index in [1.54, 1.807) is 0 Å². The molecule has 3 aromatic rings. The minimum absolute atomic E-state index is 0.564. The standard InChI is InChI=1S/C17H16ClN3/c18-13-5-8-16-15(9-13)20-17(21(16)14-6-7-14)12-3-1-11(10-19)2-4-12/h1-5,8-9,14H,6-7,10,19H2. The first kappa shape index (κ1) is 12.9. The third-order valence-electron chi connectivity index (χ3n) is 4.01. The molecule has 1 aliphatic rings. The summed E-state index contributed by atoms with van der Waals surface area (Å²) in [6.45, 7) is 0.564. The first-order valence-electron chi connectivity index (χ1n) is 7.23. The molecule has 3 nitrogen and oxygen atoms in total. The Morgan fingerprint density at radius 3 is 2.57 bits per heavy atom. The number of nitrogens with zero attached hydrogens (tertiary/aromatic N) is 2. The highest BCUT2D eigenvalue weighted by Crippen LogP contribution is 2.41. The van der Waals surface area contributed by atoms with E-state index in [0.29, 0.717) is 12.6 Å². The van der Waals surface area contributed by atoms with Gasteiger partial charge in [-0.2, -0.15) is 0 Å². The molecule has 0 aliphatic heterocycles. The van der Waals surface area contributed by atoms with Crippen LogP contribution in [0.5, 0.6) is 0 Å². The topological polar surface area (TPSA) is 43.8 Å². The van der Waals surface area contributed by atoms with Gasteiger partial charge in [-0.3, -0.25) is 0 Å². The number of aromatic nitrogens is 2. The second-order valence-corrected chi connectivity index (χ2v) is 6.01. The van der Waals surface area contributed by atoms with Gasteiger partial charge in [0.05, 0.1) is 11.0 Å². The van der Waals surface area contributed by atoms with Gasteiger partial charge in [0.1, 0.15) is 5.82 Å². The SMILES string of the molecule is NCc1ccc(-c2nc3cc(Cl)ccc3n2C2CC2)cc1. The second kappa shape index (κ2) is 4.86. The Hall–Kier alpha value is -1.84. The van der Waals surface area contributed by atoms with Gasteiger partial charge in [0, 0.05) is 23.2 Å². The van der Waals surface area contributed by atoms with Crippen LogP contribution in [0.25, 0.3) is 22.4 Å². The summed E-state index contributed by atoms with van der Waals surface area (Å²) >= 11 is 6.10. The van der Waals surface area contributed by atoms with E-state index in [2.05, 4.69) is 34.9 Å². The van der Waals surface area contributed by atoms with Crippen molar-refractivity contribution in [3.05, 3.63) is 53.1 Å². The van der Waals surface area contributed by atoms with E-state index in [1.165, 1.54) is 18.4 Å². The molecule has 0 saturated heterocycles. The average Bonchev–Trinajstić information content (AvgIpc) is 3.28. The summed E-state index contributed by atoms with van der Waals surface area (Å²) in [6, 6.07) is 14.9. The Balaban J connectivity index is 1.91. The molecule has 1 aromatic heterocycles. The second-order valence-electron chi connectivity index (χ2n) is 5.57. The molecule has 1 heterocycles. The lowest BCUT2D eigenvalue weighted by Crippen LogP contribution is -1.99. The third kappa shape index (κ3) is 2.23. The van der Waals surface area contributed by atoms with Gasteiger partial charge in [-0.05, 0) is 36.6 Å². The molecule has 1 fully saturated rings. The Morgan fingerprint density at radius 2 is 1.90 bits per heavy atom. The summed E-state index contributed by atoms with van der Waals surface area (Å²) in [5, 5.41) is 0.730. The van der Waals surface area contributed by atoms with Gasteiger partial charge in [-0.15, -0.1) is 0 Å². The molecule has 0 bridgehead atoms. The molecule has 0 atom stereocenters. The molecule has 106 valence electrons. The molecule has 0 unspecified atom stereocenters. The molecule has 21 heavy (non-hydrogen) atoms. The lowest BCUT2D eigenvalue weighted by atomic mass is 10.1. The van der Waals surface area contributed by atoms with E-state index in [0.717, 1.165) is 27.5 Å². The molecule has 1 saturated carbocycles. The van der Waals surface area contributed by atoms with Gasteiger partial charge < -0.3 is 10.3 Å². The van der Waals surface area contributed by atoms with E-state index >= 15 is 0 Å². The van der Waals surface area contributed by atoms with Gasteiger partial charge in [0.15, 0.2) is 0 Å². The maximum absolute atomic E-state index is 6.10. The molecule has 2 aromatic carbocycles. The Labute approximate surface area is 128 Å². The van der Waals surface area contributed by atoms with E-state index in [4.69, 9.17) is 22.3 Å². The van der Waals surface area contributed by atoms with Crippen molar-refractivity contribution in [1.29, 1.82) is 0 Å². The Kier molecular flexibility index (Phi) is 2.98. The van der Waals surface area contributed by atoms with E-state index in [9.17, 15) is 0 Å². The van der Waals surface area contributed by atoms with Gasteiger partial charge in [0.2, 0.25) is 0 Å². The fourth-order valence-corrected chi connectivity index (χ4v) is 2.93. The van der Waals surface area contributed by atoms with E-state index in [1.807, 2.05) is 12.1 Å². The van der Waals surface area contributed by atoms with Crippen LogP contribution in [-0.4, -0.2) is 9.55 Å². The third-order valence-corrected chi connectivity index (χ3v) is 4.25. The first-order chi connectivity index (χ1) is 10.3. The highest BCUT2D eigenvalue weighted by atomic mass is 35.5. The van der Waals surface area contributed by atoms with Gasteiger partial charge in [-0.1, -0.05) is 35.9 Å². The van der Waals surface area contributed by atoms with Crippen LogP contribution < -0.4 is 5.73 Å². The first-order valence-corrected chi connectivity index (χ1v) is 7.61. The Morgan fingerprint density at radius 1 is 1.14 bits per heavy atom. The molecular formula is C17H16ClN3. The van der Waals surface area contributed by atoms with Crippen LogP contribution in [0.3, 0.4) is 0 Å². The van der Waals surface area contributed by atoms with Gasteiger partial charge >= 0.3 is 0 Å². The lowest BCUT2D eigenvalue weighted by Gasteiger charge is -2.08. The summed E-state index contributed by atoms with van der Waals surface area (Å²) in [5.74, 6) is 1.03. The zero-order valence-corrected chi connectivity index (χ0v) is 12.3. The summed E-state index contributed by atoms with van der Waals surface area (Å²) in [4.78, 5) is 4.81. The molecule has 1 aliphatic carbocycles. The van der Waals surface area contributed by atoms with Crippen molar-refractivity contribution in [1.82, 2.24) is 9.55 Å². The summed E-state index contributed by atoms with van der Waals surface area (Å²) in [7, 11) is 0. The summed E-state index contributed by atoms with van der Waals surface area (Å²) in [6.07, 6.45) is 2.45. The van der Waals surface area contributed by atoms with Crippen LogP contribution in [0.1, 0.15) is 24.4 Å². The summed E-state index contributed by atoms with van der Waals surface area (Å²) < 4.78 is 2.35. The largest absolute Gasteiger partial charge is 0.326 e. The van der Waals surface area contributed by atoms with Crippen LogP contribution >= 0.6 is 11.6 Å². The monoisotopic (exact) mass is 297 g/mol. The van der Waals surface area contributed by atoms with Crippen LogP contribution in [0.2, 0.25) is 5.02 Å². The number of hydrogen-bond donors (Lipinski definition) is 1. The molecule has 2 N–H and O–H groups in total. The maximum Gasteiger partial charge on any atom is 0.141 e. The smallest absolute Gasteiger partial charge is 0.141 e. The van der Waals surface area contributed by atoms with Crippen LogP contribution in [0.15, 0.2) is 42.5 Å². The van der Waals surface area contributed by atoms with Crippen molar-refractivity contribution < 1.29 is 0 Å². The predicted octanol–water partition coefficient (Wildman–Crippen LogP) is 4.15. The van der Waals surface area contributed by atoms with Crippen LogP contribution in [0, 0.1) is 0 Å². The van der Waals surface area contributed by atoms with Crippen molar-refractivity contribution in [2.45, 2.75) is 25.4 Å². The van der Waals surface area contributed by atoms with Crippen molar-refractivity contribution in [2.24, 2.45) is 5.73 Å². The zero-order valence-electron chi connectivity index (χ0n) is 11.6. The fourth-order valence-electron chi connectivity index (χ4n) is 2.77. The quantitative estimate of drug-likeness (QED) is 0.789. The average molecular weight is 298 g/mol. The van der Waals surface area contributed by atoms with Crippen molar-refractivity contribution in [3.8, 4) is 11.4 Å². The maximum atomic E-state index is 6.10. The van der Waals surface area contributed by atoms with E-state index < -0.39 is 0 Å². The molecule has 0 amide bonds. The normalized spacial score (nSPS) is 14.8. The van der Waals surface area contributed by atoms with Crippen molar-refractivity contribution in [3.63, 3.8) is 0 Å². The predicted molar refractivity (Wildman–Crippen MR) is 86.3 cm³/mol. The lowest BCUT2D eigenvalue weighted by molar-refractivity contribution is 0.775. The van der Waals surface area contributed by atoms with Crippen molar-refractivity contribution in [2.75, 3.05) is 0 Å². The fraction of sp³-hybridized carbons (Fsp3) is 0.235. The van der Waals surface area contributed by atoms with Crippen molar-refractivity contribution >= 4 is 22.6 Å². The van der Waals surface area contributed by atoms with Gasteiger partial charge in [-0.25, -0.2) is 4.98 Å². The minimum atomic E-state index is 0.564. The number of rotatable bonds is 3. The number of hydrogen-bond acceptors (Lipinski definition) is 2. The number of benzene rings is 2. The molecular weight excluding hydrogens is 282 g/mol. The summed E-state index contributed by atoms with van der Waals surface area (Å²) in [5.41, 5.74) is 10.1. The molecule has 4 heteroatoms. The molecule has 0 radical (unpaired) electrons. The van der Waals surface area contributed by atoms with Crippen LogP contribution in [-0.2, 0) is 6.54 Å². The number of fused-ring (bicyclic) bond motifs is 1. The number of nitrogens with two attached hydrogens (primary N) is 1. The minimum Gasteiger partial charge on any atom is -0.326 e. The molecule has 0 spiro atoms. The van der Waals surface area contributed by atoms with Crippen LogP contribution in [0.4, 0.5) is 0 Å². The zero-order chi connectivity index (χ0) is 14.4. The highest BCUT2D eigenvalue weighted by Gasteiger charge is 2.28.